The number of anilines is 1. The quantitative estimate of drug-likeness (QED) is 0.848. The van der Waals surface area contributed by atoms with Crippen LogP contribution in [-0.2, 0) is 14.3 Å². The Labute approximate surface area is 124 Å². The lowest BCUT2D eigenvalue weighted by Gasteiger charge is -2.39. The van der Waals surface area contributed by atoms with Crippen LogP contribution in [0.3, 0.4) is 0 Å². The van der Waals surface area contributed by atoms with Crippen molar-refractivity contribution in [1.82, 2.24) is 0 Å². The molecule has 1 N–H and O–H groups in total. The third kappa shape index (κ3) is 3.73. The van der Waals surface area contributed by atoms with E-state index in [9.17, 15) is 9.18 Å². The van der Waals surface area contributed by atoms with Crippen molar-refractivity contribution >= 4 is 11.7 Å². The van der Waals surface area contributed by atoms with Crippen LogP contribution in [0, 0.1) is 5.82 Å². The third-order valence-electron chi connectivity index (χ3n) is 3.81. The predicted octanol–water partition coefficient (Wildman–Crippen LogP) is 3.13. The lowest BCUT2D eigenvalue weighted by atomic mass is 9.85. The van der Waals surface area contributed by atoms with E-state index in [0.717, 1.165) is 6.42 Å². The molecule has 2 unspecified atom stereocenters. The molecule has 1 aliphatic rings. The van der Waals surface area contributed by atoms with Crippen LogP contribution in [0.25, 0.3) is 0 Å². The molecule has 0 aromatic heterocycles. The first kappa shape index (κ1) is 15.8. The Hall–Kier alpha value is -1.62. The molecule has 0 bridgehead atoms. The van der Waals surface area contributed by atoms with Crippen LogP contribution in [-0.4, -0.2) is 30.8 Å². The number of benzene rings is 1. The van der Waals surface area contributed by atoms with E-state index >= 15 is 0 Å². The summed E-state index contributed by atoms with van der Waals surface area (Å²) in [5, 5.41) is 3.25. The molecule has 116 valence electrons. The molecule has 1 aromatic rings. The van der Waals surface area contributed by atoms with E-state index in [1.165, 1.54) is 12.1 Å². The summed E-state index contributed by atoms with van der Waals surface area (Å²) in [5.41, 5.74) is -0.0894. The molecule has 5 heteroatoms. The Morgan fingerprint density at radius 1 is 1.43 bits per heavy atom. The summed E-state index contributed by atoms with van der Waals surface area (Å²) in [5.74, 6) is -0.569. The number of carbonyl (C=O) groups is 1. The van der Waals surface area contributed by atoms with Gasteiger partial charge in [0.2, 0.25) is 0 Å². The zero-order chi connectivity index (χ0) is 15.3. The number of hydrogen-bond acceptors (Lipinski definition) is 4. The second kappa shape index (κ2) is 6.89. The Morgan fingerprint density at radius 2 is 2.14 bits per heavy atom. The molecule has 1 heterocycles. The largest absolute Gasteiger partial charge is 0.464 e. The van der Waals surface area contributed by atoms with E-state index in [1.54, 1.807) is 19.1 Å². The predicted molar refractivity (Wildman–Crippen MR) is 78.7 cm³/mol. The van der Waals surface area contributed by atoms with Gasteiger partial charge in [0.1, 0.15) is 11.4 Å². The van der Waals surface area contributed by atoms with E-state index in [0.29, 0.717) is 31.7 Å². The van der Waals surface area contributed by atoms with Crippen molar-refractivity contribution in [2.45, 2.75) is 44.8 Å². The molecule has 1 aliphatic heterocycles. The first-order valence-electron chi connectivity index (χ1n) is 7.42. The highest BCUT2D eigenvalue weighted by molar-refractivity contribution is 5.84. The first-order chi connectivity index (χ1) is 10.1. The van der Waals surface area contributed by atoms with Crippen LogP contribution in [0.1, 0.15) is 33.1 Å². The van der Waals surface area contributed by atoms with Crippen molar-refractivity contribution in [1.29, 1.82) is 0 Å². The molecule has 1 fully saturated rings. The van der Waals surface area contributed by atoms with Crippen LogP contribution >= 0.6 is 0 Å². The minimum atomic E-state index is -0.799. The van der Waals surface area contributed by atoms with Gasteiger partial charge in [-0.05, 0) is 37.6 Å². The summed E-state index contributed by atoms with van der Waals surface area (Å²) < 4.78 is 23.9. The Balaban J connectivity index is 2.22. The fraction of sp³-hybridized carbons (Fsp3) is 0.562. The molecule has 0 radical (unpaired) electrons. The lowest BCUT2D eigenvalue weighted by Crippen LogP contribution is -2.53. The lowest BCUT2D eigenvalue weighted by molar-refractivity contribution is -0.154. The second-order valence-electron chi connectivity index (χ2n) is 5.29. The first-order valence-corrected chi connectivity index (χ1v) is 7.42. The van der Waals surface area contributed by atoms with E-state index in [2.05, 4.69) is 5.32 Å². The van der Waals surface area contributed by atoms with Crippen LogP contribution in [0.5, 0.6) is 0 Å². The van der Waals surface area contributed by atoms with Gasteiger partial charge in [0.05, 0.1) is 12.7 Å². The fourth-order valence-corrected chi connectivity index (χ4v) is 2.64. The molecule has 1 saturated heterocycles. The molecule has 2 atom stereocenters. The van der Waals surface area contributed by atoms with Crippen molar-refractivity contribution in [3.63, 3.8) is 0 Å². The van der Waals surface area contributed by atoms with Crippen molar-refractivity contribution in [2.75, 3.05) is 18.5 Å². The third-order valence-corrected chi connectivity index (χ3v) is 3.81. The average Bonchev–Trinajstić information content (AvgIpc) is 2.50. The van der Waals surface area contributed by atoms with Gasteiger partial charge in [-0.2, -0.15) is 0 Å². The Bertz CT molecular complexity index is 477. The van der Waals surface area contributed by atoms with Crippen molar-refractivity contribution < 1.29 is 18.7 Å². The van der Waals surface area contributed by atoms with Gasteiger partial charge in [-0.1, -0.05) is 6.92 Å². The molecular weight excluding hydrogens is 273 g/mol. The highest BCUT2D eigenvalue weighted by Crippen LogP contribution is 2.31. The Morgan fingerprint density at radius 3 is 2.76 bits per heavy atom. The van der Waals surface area contributed by atoms with E-state index < -0.39 is 5.54 Å². The standard InChI is InChI=1S/C16H22FNO3/c1-3-14-11-16(9-10-21-14,15(19)20-4-2)18-13-7-5-12(17)6-8-13/h5-8,14,18H,3-4,9-11H2,1-2H3. The number of carbonyl (C=O) groups excluding carboxylic acids is 1. The monoisotopic (exact) mass is 295 g/mol. The van der Waals surface area contributed by atoms with Crippen molar-refractivity contribution in [2.24, 2.45) is 0 Å². The second-order valence-corrected chi connectivity index (χ2v) is 5.29. The number of hydrogen-bond donors (Lipinski definition) is 1. The van der Waals surface area contributed by atoms with Gasteiger partial charge in [0, 0.05) is 25.1 Å². The van der Waals surface area contributed by atoms with Crippen molar-refractivity contribution in [3.05, 3.63) is 30.1 Å². The summed E-state index contributed by atoms with van der Waals surface area (Å²) in [6.07, 6.45) is 1.96. The van der Waals surface area contributed by atoms with E-state index in [4.69, 9.17) is 9.47 Å². The minimum Gasteiger partial charge on any atom is -0.464 e. The number of nitrogens with one attached hydrogen (secondary N) is 1. The molecule has 0 aliphatic carbocycles. The fourth-order valence-electron chi connectivity index (χ4n) is 2.64. The average molecular weight is 295 g/mol. The topological polar surface area (TPSA) is 47.6 Å². The van der Waals surface area contributed by atoms with Crippen molar-refractivity contribution in [3.8, 4) is 0 Å². The summed E-state index contributed by atoms with van der Waals surface area (Å²) in [6, 6.07) is 6.01. The molecule has 0 saturated carbocycles. The minimum absolute atomic E-state index is 0.0242. The van der Waals surface area contributed by atoms with Gasteiger partial charge >= 0.3 is 5.97 Å². The maximum Gasteiger partial charge on any atom is 0.331 e. The summed E-state index contributed by atoms with van der Waals surface area (Å²) >= 11 is 0. The smallest absolute Gasteiger partial charge is 0.331 e. The van der Waals surface area contributed by atoms with Gasteiger partial charge in [0.25, 0.3) is 0 Å². The van der Waals surface area contributed by atoms with Crippen LogP contribution in [0.2, 0.25) is 0 Å². The number of esters is 1. The van der Waals surface area contributed by atoms with E-state index in [-0.39, 0.29) is 17.9 Å². The maximum atomic E-state index is 13.0. The molecule has 4 nitrogen and oxygen atoms in total. The maximum absolute atomic E-state index is 13.0. The SMILES string of the molecule is CCOC(=O)C1(Nc2ccc(F)cc2)CCOC(CC)C1. The molecule has 2 rings (SSSR count). The zero-order valence-corrected chi connectivity index (χ0v) is 12.5. The summed E-state index contributed by atoms with van der Waals surface area (Å²) in [4.78, 5) is 12.4. The Kier molecular flexibility index (Phi) is 5.17. The normalized spacial score (nSPS) is 25.4. The molecule has 0 amide bonds. The highest BCUT2D eigenvalue weighted by atomic mass is 19.1. The number of halogens is 1. The zero-order valence-electron chi connectivity index (χ0n) is 12.5. The number of rotatable bonds is 5. The highest BCUT2D eigenvalue weighted by Gasteiger charge is 2.44. The summed E-state index contributed by atoms with van der Waals surface area (Å²) in [6.45, 7) is 4.67. The molecule has 0 spiro atoms. The van der Waals surface area contributed by atoms with Crippen LogP contribution in [0.4, 0.5) is 10.1 Å². The molecular formula is C16H22FNO3. The van der Waals surface area contributed by atoms with Gasteiger partial charge in [-0.15, -0.1) is 0 Å². The van der Waals surface area contributed by atoms with Crippen LogP contribution < -0.4 is 5.32 Å². The summed E-state index contributed by atoms with van der Waals surface area (Å²) in [7, 11) is 0. The van der Waals surface area contributed by atoms with Gasteiger partial charge < -0.3 is 14.8 Å². The van der Waals surface area contributed by atoms with E-state index in [1.807, 2.05) is 6.92 Å². The van der Waals surface area contributed by atoms with Gasteiger partial charge in [-0.3, -0.25) is 0 Å². The molecule has 21 heavy (non-hydrogen) atoms. The van der Waals surface area contributed by atoms with Crippen LogP contribution in [0.15, 0.2) is 24.3 Å². The number of ether oxygens (including phenoxy) is 2. The van der Waals surface area contributed by atoms with Gasteiger partial charge in [0.15, 0.2) is 0 Å². The molecule has 1 aromatic carbocycles. The van der Waals surface area contributed by atoms with Gasteiger partial charge in [-0.25, -0.2) is 9.18 Å².